The van der Waals surface area contributed by atoms with Gasteiger partial charge in [-0.3, -0.25) is 9.48 Å². The van der Waals surface area contributed by atoms with Crippen LogP contribution in [-0.4, -0.2) is 29.3 Å². The number of hydrogen-bond donors (Lipinski definition) is 1. The van der Waals surface area contributed by atoms with Crippen LogP contribution in [0, 0.1) is 0 Å². The molecular weight excluding hydrogens is 374 g/mol. The smallest absolute Gasteiger partial charge is 0.252 e. The van der Waals surface area contributed by atoms with Crippen LogP contribution in [-0.2, 0) is 0 Å². The van der Waals surface area contributed by atoms with Crippen LogP contribution in [0.3, 0.4) is 0 Å². The number of rotatable bonds is 6. The van der Waals surface area contributed by atoms with E-state index in [2.05, 4.69) is 26.3 Å². The molecule has 0 unspecified atom stereocenters. The summed E-state index contributed by atoms with van der Waals surface area (Å²) in [6.07, 6.45) is 5.13. The van der Waals surface area contributed by atoms with Gasteiger partial charge in [0.2, 0.25) is 0 Å². The van der Waals surface area contributed by atoms with Gasteiger partial charge in [-0.05, 0) is 52.3 Å². The van der Waals surface area contributed by atoms with Crippen LogP contribution in [0.1, 0.15) is 22.2 Å². The second kappa shape index (κ2) is 7.35. The van der Waals surface area contributed by atoms with Gasteiger partial charge in [0.15, 0.2) is 0 Å². The summed E-state index contributed by atoms with van der Waals surface area (Å²) >= 11 is 3.39. The van der Waals surface area contributed by atoms with Crippen molar-refractivity contribution >= 4 is 21.8 Å². The van der Waals surface area contributed by atoms with E-state index in [-0.39, 0.29) is 11.9 Å². The van der Waals surface area contributed by atoms with Crippen LogP contribution in [0.15, 0.2) is 63.9 Å². The van der Waals surface area contributed by atoms with Crippen LogP contribution in [0.4, 0.5) is 0 Å². The number of nitrogens with one attached hydrogen (secondary N) is 1. The second-order valence-electron chi connectivity index (χ2n) is 5.07. The molecule has 1 N–H and O–H groups in total. The number of hydrogen-bond acceptors (Lipinski definition) is 4. The molecule has 2 aromatic heterocycles. The summed E-state index contributed by atoms with van der Waals surface area (Å²) in [6, 6.07) is 10.5. The molecule has 0 radical (unpaired) electrons. The SMILES string of the molecule is COc1ccc(Br)c(C(=O)NC[C@@H](c2ccco2)n2cccn2)c1. The standard InChI is InChI=1S/C17H16BrN3O3/c1-23-12-5-6-14(18)13(10-12)17(22)19-11-15(16-4-2-9-24-16)21-8-3-7-20-21/h2-10,15H,11H2,1H3,(H,19,22)/t15-/m0/s1. The molecule has 0 aliphatic heterocycles. The molecule has 3 aromatic rings. The van der Waals surface area contributed by atoms with Crippen LogP contribution in [0.2, 0.25) is 0 Å². The molecule has 3 rings (SSSR count). The average molecular weight is 390 g/mol. The van der Waals surface area contributed by atoms with Gasteiger partial charge in [-0.15, -0.1) is 0 Å². The third kappa shape index (κ3) is 3.51. The van der Waals surface area contributed by atoms with E-state index in [0.717, 1.165) is 5.76 Å². The molecule has 1 atom stereocenters. The first-order valence-corrected chi connectivity index (χ1v) is 8.12. The van der Waals surface area contributed by atoms with Gasteiger partial charge in [-0.2, -0.15) is 5.10 Å². The summed E-state index contributed by atoms with van der Waals surface area (Å²) in [7, 11) is 1.57. The molecule has 1 amide bonds. The highest BCUT2D eigenvalue weighted by Crippen LogP contribution is 2.23. The van der Waals surface area contributed by atoms with Crippen molar-refractivity contribution in [3.63, 3.8) is 0 Å². The Bertz CT molecular complexity index is 766. The fourth-order valence-electron chi connectivity index (χ4n) is 2.36. The predicted molar refractivity (Wildman–Crippen MR) is 92.1 cm³/mol. The highest BCUT2D eigenvalue weighted by atomic mass is 79.9. The van der Waals surface area contributed by atoms with Crippen molar-refractivity contribution in [2.75, 3.05) is 13.7 Å². The Balaban J connectivity index is 1.77. The molecule has 0 saturated heterocycles. The summed E-state index contributed by atoms with van der Waals surface area (Å²) in [6.45, 7) is 0.345. The van der Waals surface area contributed by atoms with Crippen molar-refractivity contribution in [3.8, 4) is 5.75 Å². The van der Waals surface area contributed by atoms with Crippen molar-refractivity contribution in [1.82, 2.24) is 15.1 Å². The Labute approximate surface area is 147 Å². The third-order valence-electron chi connectivity index (χ3n) is 3.59. The maximum atomic E-state index is 12.5. The van der Waals surface area contributed by atoms with Gasteiger partial charge >= 0.3 is 0 Å². The lowest BCUT2D eigenvalue weighted by atomic mass is 10.2. The summed E-state index contributed by atoms with van der Waals surface area (Å²) in [5, 5.41) is 7.17. The minimum atomic E-state index is -0.219. The van der Waals surface area contributed by atoms with E-state index in [9.17, 15) is 4.79 Å². The summed E-state index contributed by atoms with van der Waals surface area (Å²) in [5.74, 6) is 1.14. The molecule has 0 aliphatic rings. The summed E-state index contributed by atoms with van der Waals surface area (Å²) in [5.41, 5.74) is 0.507. The van der Waals surface area contributed by atoms with Crippen LogP contribution in [0.5, 0.6) is 5.75 Å². The van der Waals surface area contributed by atoms with Crippen LogP contribution in [0.25, 0.3) is 0 Å². The number of benzene rings is 1. The van der Waals surface area contributed by atoms with Gasteiger partial charge in [0.1, 0.15) is 17.6 Å². The lowest BCUT2D eigenvalue weighted by Gasteiger charge is -2.16. The maximum Gasteiger partial charge on any atom is 0.252 e. The number of aromatic nitrogens is 2. The maximum absolute atomic E-state index is 12.5. The Morgan fingerprint density at radius 3 is 2.96 bits per heavy atom. The Kier molecular flexibility index (Phi) is 5.00. The first kappa shape index (κ1) is 16.3. The van der Waals surface area contributed by atoms with E-state index in [1.807, 2.05) is 24.4 Å². The minimum Gasteiger partial charge on any atom is -0.497 e. The number of furan rings is 1. The molecule has 6 nitrogen and oxygen atoms in total. The first-order valence-electron chi connectivity index (χ1n) is 7.33. The minimum absolute atomic E-state index is 0.204. The monoisotopic (exact) mass is 389 g/mol. The van der Waals surface area contributed by atoms with E-state index in [4.69, 9.17) is 9.15 Å². The normalized spacial score (nSPS) is 11.9. The summed E-state index contributed by atoms with van der Waals surface area (Å²) < 4.78 is 13.1. The zero-order valence-corrected chi connectivity index (χ0v) is 14.6. The van der Waals surface area contributed by atoms with E-state index in [1.54, 1.807) is 42.5 Å². The number of ether oxygens (including phenoxy) is 1. The zero-order chi connectivity index (χ0) is 16.9. The number of carbonyl (C=O) groups is 1. The molecule has 0 bridgehead atoms. The predicted octanol–water partition coefficient (Wildman–Crippen LogP) is 3.27. The molecule has 0 spiro atoms. The second-order valence-corrected chi connectivity index (χ2v) is 5.93. The molecule has 0 saturated carbocycles. The zero-order valence-electron chi connectivity index (χ0n) is 13.0. The Morgan fingerprint density at radius 2 is 2.29 bits per heavy atom. The number of halogens is 1. The quantitative estimate of drug-likeness (QED) is 0.702. The molecule has 2 heterocycles. The van der Waals surface area contributed by atoms with Gasteiger partial charge in [-0.1, -0.05) is 0 Å². The van der Waals surface area contributed by atoms with Gasteiger partial charge < -0.3 is 14.5 Å². The number of methoxy groups -OCH3 is 1. The highest BCUT2D eigenvalue weighted by molar-refractivity contribution is 9.10. The topological polar surface area (TPSA) is 69.3 Å². The lowest BCUT2D eigenvalue weighted by Crippen LogP contribution is -2.31. The molecule has 0 aliphatic carbocycles. The number of carbonyl (C=O) groups excluding carboxylic acids is 1. The van der Waals surface area contributed by atoms with Gasteiger partial charge in [0.05, 0.1) is 18.9 Å². The molecular formula is C17H16BrN3O3. The average Bonchev–Trinajstić information content (AvgIpc) is 3.29. The van der Waals surface area contributed by atoms with Gasteiger partial charge in [0, 0.05) is 23.4 Å². The largest absolute Gasteiger partial charge is 0.497 e. The number of amides is 1. The highest BCUT2D eigenvalue weighted by Gasteiger charge is 2.19. The van der Waals surface area contributed by atoms with Gasteiger partial charge in [-0.25, -0.2) is 0 Å². The summed E-state index contributed by atoms with van der Waals surface area (Å²) in [4.78, 5) is 12.5. The number of nitrogens with zero attached hydrogens (tertiary/aromatic N) is 2. The van der Waals surface area contributed by atoms with Gasteiger partial charge in [0.25, 0.3) is 5.91 Å². The fraction of sp³-hybridized carbons (Fsp3) is 0.176. The van der Waals surface area contributed by atoms with E-state index in [0.29, 0.717) is 22.3 Å². The van der Waals surface area contributed by atoms with E-state index >= 15 is 0 Å². The fourth-order valence-corrected chi connectivity index (χ4v) is 2.79. The molecule has 0 fully saturated rings. The third-order valence-corrected chi connectivity index (χ3v) is 4.28. The Morgan fingerprint density at radius 1 is 1.42 bits per heavy atom. The van der Waals surface area contributed by atoms with Crippen molar-refractivity contribution < 1.29 is 13.9 Å². The Hall–Kier alpha value is -2.54. The first-order chi connectivity index (χ1) is 11.7. The van der Waals surface area contributed by atoms with Crippen LogP contribution >= 0.6 is 15.9 Å². The van der Waals surface area contributed by atoms with Crippen molar-refractivity contribution in [2.45, 2.75) is 6.04 Å². The molecule has 24 heavy (non-hydrogen) atoms. The van der Waals surface area contributed by atoms with Crippen molar-refractivity contribution in [1.29, 1.82) is 0 Å². The lowest BCUT2D eigenvalue weighted by molar-refractivity contribution is 0.0947. The van der Waals surface area contributed by atoms with Crippen molar-refractivity contribution in [3.05, 3.63) is 70.9 Å². The van der Waals surface area contributed by atoms with Crippen molar-refractivity contribution in [2.24, 2.45) is 0 Å². The molecule has 124 valence electrons. The molecule has 7 heteroatoms. The van der Waals surface area contributed by atoms with E-state index < -0.39 is 0 Å². The molecule has 1 aromatic carbocycles. The van der Waals surface area contributed by atoms with Crippen LogP contribution < -0.4 is 10.1 Å². The van der Waals surface area contributed by atoms with E-state index in [1.165, 1.54) is 0 Å².